The zero-order valence-electron chi connectivity index (χ0n) is 13.8. The second kappa shape index (κ2) is 6.46. The van der Waals surface area contributed by atoms with Crippen molar-refractivity contribution in [2.75, 3.05) is 31.2 Å². The lowest BCUT2D eigenvalue weighted by Gasteiger charge is -2.26. The third kappa shape index (κ3) is 2.99. The summed E-state index contributed by atoms with van der Waals surface area (Å²) in [5.74, 6) is 0.631. The average molecular weight is 357 g/mol. The number of aromatic nitrogens is 3. The number of benzene rings is 1. The second-order valence-corrected chi connectivity index (χ2v) is 6.43. The third-order valence-corrected chi connectivity index (χ3v) is 4.60. The SMILES string of the molecule is Cc1ccc(Cl)cc1-n1ccc2nc(N3CCOCC3)ncc2c1=O. The molecule has 1 aromatic carbocycles. The lowest BCUT2D eigenvalue weighted by Crippen LogP contribution is -2.37. The molecule has 0 amide bonds. The fraction of sp³-hybridized carbons (Fsp3) is 0.278. The van der Waals surface area contributed by atoms with Gasteiger partial charge in [0.05, 0.1) is 29.8 Å². The Bertz CT molecular complexity index is 996. The van der Waals surface area contributed by atoms with Crippen molar-refractivity contribution in [2.24, 2.45) is 0 Å². The van der Waals surface area contributed by atoms with Crippen LogP contribution >= 0.6 is 11.6 Å². The zero-order valence-corrected chi connectivity index (χ0v) is 14.5. The van der Waals surface area contributed by atoms with Crippen molar-refractivity contribution in [1.29, 1.82) is 0 Å². The van der Waals surface area contributed by atoms with Gasteiger partial charge in [-0.25, -0.2) is 9.97 Å². The molecule has 1 aliphatic rings. The van der Waals surface area contributed by atoms with Crippen LogP contribution in [0.25, 0.3) is 16.6 Å². The molecular weight excluding hydrogens is 340 g/mol. The highest BCUT2D eigenvalue weighted by Crippen LogP contribution is 2.20. The van der Waals surface area contributed by atoms with Crippen molar-refractivity contribution in [2.45, 2.75) is 6.92 Å². The molecular formula is C18H17ClN4O2. The molecule has 6 nitrogen and oxygen atoms in total. The molecule has 1 saturated heterocycles. The van der Waals surface area contributed by atoms with E-state index in [9.17, 15) is 4.79 Å². The van der Waals surface area contributed by atoms with Crippen LogP contribution in [0.2, 0.25) is 5.02 Å². The summed E-state index contributed by atoms with van der Waals surface area (Å²) in [5, 5.41) is 1.07. The van der Waals surface area contributed by atoms with Crippen molar-refractivity contribution in [1.82, 2.24) is 14.5 Å². The monoisotopic (exact) mass is 356 g/mol. The van der Waals surface area contributed by atoms with Gasteiger partial charge >= 0.3 is 0 Å². The number of halogens is 1. The minimum atomic E-state index is -0.156. The molecule has 0 aliphatic carbocycles. The van der Waals surface area contributed by atoms with E-state index in [1.165, 1.54) is 0 Å². The number of fused-ring (bicyclic) bond motifs is 1. The van der Waals surface area contributed by atoms with Gasteiger partial charge in [-0.15, -0.1) is 0 Å². The van der Waals surface area contributed by atoms with Crippen LogP contribution < -0.4 is 10.5 Å². The predicted octanol–water partition coefficient (Wildman–Crippen LogP) is 2.58. The van der Waals surface area contributed by atoms with E-state index in [4.69, 9.17) is 16.3 Å². The average Bonchev–Trinajstić information content (AvgIpc) is 2.65. The molecule has 7 heteroatoms. The van der Waals surface area contributed by atoms with E-state index >= 15 is 0 Å². The maximum absolute atomic E-state index is 12.9. The summed E-state index contributed by atoms with van der Waals surface area (Å²) in [6, 6.07) is 7.33. The number of pyridine rings is 1. The first-order valence-electron chi connectivity index (χ1n) is 8.11. The molecule has 0 bridgehead atoms. The number of hydrogen-bond donors (Lipinski definition) is 0. The van der Waals surface area contributed by atoms with Crippen molar-refractivity contribution in [3.8, 4) is 5.69 Å². The third-order valence-electron chi connectivity index (χ3n) is 4.36. The molecule has 0 saturated carbocycles. The fourth-order valence-electron chi connectivity index (χ4n) is 2.97. The molecule has 128 valence electrons. The summed E-state index contributed by atoms with van der Waals surface area (Å²) in [4.78, 5) is 23.9. The molecule has 0 radical (unpaired) electrons. The number of hydrogen-bond acceptors (Lipinski definition) is 5. The van der Waals surface area contributed by atoms with Gasteiger partial charge in [0.25, 0.3) is 5.56 Å². The Morgan fingerprint density at radius 3 is 2.80 bits per heavy atom. The van der Waals surface area contributed by atoms with E-state index in [0.29, 0.717) is 35.1 Å². The van der Waals surface area contributed by atoms with Crippen LogP contribution in [0, 0.1) is 6.92 Å². The summed E-state index contributed by atoms with van der Waals surface area (Å²) < 4.78 is 6.94. The molecule has 2 aromatic heterocycles. The van der Waals surface area contributed by atoms with Crippen LogP contribution in [0.1, 0.15) is 5.56 Å². The van der Waals surface area contributed by atoms with E-state index in [0.717, 1.165) is 24.3 Å². The van der Waals surface area contributed by atoms with Gasteiger partial charge < -0.3 is 9.64 Å². The van der Waals surface area contributed by atoms with Crippen LogP contribution in [0.5, 0.6) is 0 Å². The van der Waals surface area contributed by atoms with E-state index in [1.807, 2.05) is 25.1 Å². The van der Waals surface area contributed by atoms with Gasteiger partial charge in [-0.1, -0.05) is 17.7 Å². The number of anilines is 1. The van der Waals surface area contributed by atoms with E-state index in [-0.39, 0.29) is 5.56 Å². The highest BCUT2D eigenvalue weighted by Gasteiger charge is 2.15. The van der Waals surface area contributed by atoms with Gasteiger partial charge in [0.1, 0.15) is 0 Å². The normalized spacial score (nSPS) is 14.9. The van der Waals surface area contributed by atoms with Gasteiger partial charge in [-0.3, -0.25) is 9.36 Å². The van der Waals surface area contributed by atoms with Gasteiger partial charge in [0.2, 0.25) is 5.95 Å². The fourth-order valence-corrected chi connectivity index (χ4v) is 3.13. The molecule has 0 spiro atoms. The first-order chi connectivity index (χ1) is 12.1. The Morgan fingerprint density at radius 1 is 1.20 bits per heavy atom. The molecule has 0 atom stereocenters. The van der Waals surface area contributed by atoms with Crippen LogP contribution in [0.4, 0.5) is 5.95 Å². The first-order valence-corrected chi connectivity index (χ1v) is 8.49. The number of ether oxygens (including phenoxy) is 1. The molecule has 3 heterocycles. The molecule has 3 aromatic rings. The van der Waals surface area contributed by atoms with Gasteiger partial charge in [-0.2, -0.15) is 0 Å². The molecule has 4 rings (SSSR count). The zero-order chi connectivity index (χ0) is 17.4. The Balaban J connectivity index is 1.81. The van der Waals surface area contributed by atoms with Crippen molar-refractivity contribution >= 4 is 28.5 Å². The summed E-state index contributed by atoms with van der Waals surface area (Å²) in [5.41, 5.74) is 2.21. The predicted molar refractivity (Wildman–Crippen MR) is 97.9 cm³/mol. The van der Waals surface area contributed by atoms with E-state index < -0.39 is 0 Å². The Kier molecular flexibility index (Phi) is 4.15. The Hall–Kier alpha value is -2.44. The number of nitrogens with zero attached hydrogens (tertiary/aromatic N) is 4. The lowest BCUT2D eigenvalue weighted by molar-refractivity contribution is 0.122. The summed E-state index contributed by atoms with van der Waals surface area (Å²) in [6.07, 6.45) is 3.34. The van der Waals surface area contributed by atoms with E-state index in [1.54, 1.807) is 23.0 Å². The summed E-state index contributed by atoms with van der Waals surface area (Å²) in [6.45, 7) is 4.78. The highest BCUT2D eigenvalue weighted by atomic mass is 35.5. The number of rotatable bonds is 2. The number of aryl methyl sites for hydroxylation is 1. The molecule has 0 N–H and O–H groups in total. The van der Waals surface area contributed by atoms with Gasteiger partial charge in [-0.05, 0) is 30.7 Å². The highest BCUT2D eigenvalue weighted by molar-refractivity contribution is 6.30. The molecule has 1 fully saturated rings. The number of morpholine rings is 1. The van der Waals surface area contributed by atoms with Crippen LogP contribution in [-0.4, -0.2) is 40.8 Å². The maximum atomic E-state index is 12.9. The quantitative estimate of drug-likeness (QED) is 0.706. The van der Waals surface area contributed by atoms with Gasteiger partial charge in [0.15, 0.2) is 0 Å². The largest absolute Gasteiger partial charge is 0.378 e. The molecule has 0 unspecified atom stereocenters. The van der Waals surface area contributed by atoms with Crippen LogP contribution in [-0.2, 0) is 4.74 Å². The minimum Gasteiger partial charge on any atom is -0.378 e. The lowest BCUT2D eigenvalue weighted by atomic mass is 10.2. The summed E-state index contributed by atoms with van der Waals surface area (Å²) >= 11 is 6.09. The van der Waals surface area contributed by atoms with Crippen molar-refractivity contribution < 1.29 is 4.74 Å². The first kappa shape index (κ1) is 16.1. The van der Waals surface area contributed by atoms with Crippen LogP contribution in [0.15, 0.2) is 41.5 Å². The molecule has 1 aliphatic heterocycles. The Morgan fingerprint density at radius 2 is 2.00 bits per heavy atom. The van der Waals surface area contributed by atoms with Crippen molar-refractivity contribution in [3.63, 3.8) is 0 Å². The van der Waals surface area contributed by atoms with E-state index in [2.05, 4.69) is 14.9 Å². The van der Waals surface area contributed by atoms with Gasteiger partial charge in [0, 0.05) is 30.5 Å². The second-order valence-electron chi connectivity index (χ2n) is 5.99. The maximum Gasteiger partial charge on any atom is 0.266 e. The Labute approximate surface area is 149 Å². The summed E-state index contributed by atoms with van der Waals surface area (Å²) in [7, 11) is 0. The molecule has 25 heavy (non-hydrogen) atoms. The minimum absolute atomic E-state index is 0.156. The topological polar surface area (TPSA) is 60.3 Å². The smallest absolute Gasteiger partial charge is 0.266 e. The van der Waals surface area contributed by atoms with Crippen molar-refractivity contribution in [3.05, 3.63) is 57.6 Å². The standard InChI is InChI=1S/C18H17ClN4O2/c1-12-2-3-13(19)10-16(12)23-5-4-15-14(17(23)24)11-20-18(21-15)22-6-8-25-9-7-22/h2-5,10-11H,6-9H2,1H3. The van der Waals surface area contributed by atoms with Crippen LogP contribution in [0.3, 0.4) is 0 Å².